The van der Waals surface area contributed by atoms with Gasteiger partial charge in [-0.15, -0.1) is 11.3 Å². The third-order valence-electron chi connectivity index (χ3n) is 14.0. The summed E-state index contributed by atoms with van der Waals surface area (Å²) < 4.78 is 5.06. The Morgan fingerprint density at radius 2 is 0.894 bits per heavy atom. The van der Waals surface area contributed by atoms with Crippen LogP contribution in [-0.2, 0) is 5.41 Å². The molecule has 0 radical (unpaired) electrons. The van der Waals surface area contributed by atoms with Crippen LogP contribution in [0.15, 0.2) is 231 Å². The number of thiophene rings is 1. The lowest BCUT2D eigenvalue weighted by Gasteiger charge is -2.28. The molecule has 312 valence electrons. The van der Waals surface area contributed by atoms with Crippen LogP contribution in [0.2, 0.25) is 0 Å². The monoisotopic (exact) mass is 860 g/mol. The van der Waals surface area contributed by atoms with Crippen LogP contribution >= 0.6 is 11.3 Å². The predicted octanol–water partition coefficient (Wildman–Crippen LogP) is 17.9. The second kappa shape index (κ2) is 15.1. The van der Waals surface area contributed by atoms with Gasteiger partial charge in [-0.1, -0.05) is 159 Å². The van der Waals surface area contributed by atoms with Crippen LogP contribution in [0.4, 0.5) is 17.1 Å². The van der Waals surface area contributed by atoms with Crippen molar-refractivity contribution in [1.82, 2.24) is 4.57 Å². The molecule has 0 atom stereocenters. The molecular formula is C63H44N2S. The maximum Gasteiger partial charge on any atom is 0.0541 e. The van der Waals surface area contributed by atoms with Crippen molar-refractivity contribution in [3.05, 3.63) is 242 Å². The lowest BCUT2D eigenvalue weighted by Crippen LogP contribution is -2.16. The highest BCUT2D eigenvalue weighted by Crippen LogP contribution is 2.51. The summed E-state index contributed by atoms with van der Waals surface area (Å²) in [5.41, 5.74) is 19.5. The number of anilines is 3. The summed E-state index contributed by atoms with van der Waals surface area (Å²) in [6.07, 6.45) is 0. The number of para-hydroxylation sites is 1. The minimum Gasteiger partial charge on any atom is -0.310 e. The van der Waals surface area contributed by atoms with Crippen molar-refractivity contribution in [3.63, 3.8) is 0 Å². The first kappa shape index (κ1) is 38.5. The molecule has 10 aromatic carbocycles. The van der Waals surface area contributed by atoms with Gasteiger partial charge in [-0.3, -0.25) is 0 Å². The number of hydrogen-bond acceptors (Lipinski definition) is 2. The SMILES string of the molecule is CC1(C)c2ccccc2-c2ccc(N(c3ccc(-c4ccccc4)cc3)c3ccc(-c4ccc5c(c4)c4cc(-c6cccc7sc8ccccc8c67)ccc4n5-c4ccccc4)cc3)cc21. The Hall–Kier alpha value is -7.98. The molecule has 12 aromatic rings. The van der Waals surface area contributed by atoms with E-state index in [4.69, 9.17) is 0 Å². The minimum atomic E-state index is -0.108. The largest absolute Gasteiger partial charge is 0.310 e. The van der Waals surface area contributed by atoms with E-state index in [1.54, 1.807) is 0 Å². The van der Waals surface area contributed by atoms with Gasteiger partial charge in [0.25, 0.3) is 0 Å². The van der Waals surface area contributed by atoms with Gasteiger partial charge in [0, 0.05) is 59.1 Å². The molecule has 3 heteroatoms. The van der Waals surface area contributed by atoms with Gasteiger partial charge < -0.3 is 9.47 Å². The smallest absolute Gasteiger partial charge is 0.0541 e. The standard InChI is InChI=1S/C63H44N2S/c1-63(2)56-21-11-9-18-51(56)52-35-34-49(40-57(52)63)64(47-30-24-42(25-31-47)41-14-5-3-6-15-41)48-32-26-43(27-33-48)44-28-36-58-54(38-44)55-39-45(29-37-59(55)65(58)46-16-7-4-8-17-46)50-20-13-23-61-62(50)53-19-10-12-22-60(53)66-61/h3-40H,1-2H3. The van der Waals surface area contributed by atoms with Crippen molar-refractivity contribution in [3.8, 4) is 50.2 Å². The fourth-order valence-corrected chi connectivity index (χ4v) is 11.9. The van der Waals surface area contributed by atoms with Gasteiger partial charge in [0.05, 0.1) is 11.0 Å². The van der Waals surface area contributed by atoms with E-state index in [9.17, 15) is 0 Å². The zero-order valence-corrected chi connectivity index (χ0v) is 37.6. The van der Waals surface area contributed by atoms with Crippen LogP contribution in [0.25, 0.3) is 92.2 Å². The Labute approximate surface area is 388 Å². The second-order valence-electron chi connectivity index (χ2n) is 18.1. The molecule has 2 heterocycles. The van der Waals surface area contributed by atoms with Crippen molar-refractivity contribution in [1.29, 1.82) is 0 Å². The molecule has 0 unspecified atom stereocenters. The predicted molar refractivity (Wildman–Crippen MR) is 282 cm³/mol. The second-order valence-corrected chi connectivity index (χ2v) is 19.2. The van der Waals surface area contributed by atoms with Gasteiger partial charge in [-0.05, 0) is 141 Å². The molecule has 13 rings (SSSR count). The van der Waals surface area contributed by atoms with E-state index in [2.05, 4.69) is 254 Å². The number of fused-ring (bicyclic) bond motifs is 9. The van der Waals surface area contributed by atoms with Crippen LogP contribution in [0.5, 0.6) is 0 Å². The van der Waals surface area contributed by atoms with Gasteiger partial charge in [-0.2, -0.15) is 0 Å². The highest BCUT2D eigenvalue weighted by Gasteiger charge is 2.35. The van der Waals surface area contributed by atoms with E-state index in [-0.39, 0.29) is 5.41 Å². The quantitative estimate of drug-likeness (QED) is 0.155. The maximum absolute atomic E-state index is 2.42. The van der Waals surface area contributed by atoms with E-state index in [1.807, 2.05) is 11.3 Å². The molecule has 2 aromatic heterocycles. The highest BCUT2D eigenvalue weighted by molar-refractivity contribution is 7.25. The average molecular weight is 861 g/mol. The Balaban J connectivity index is 0.933. The summed E-state index contributed by atoms with van der Waals surface area (Å²) >= 11 is 1.87. The minimum absolute atomic E-state index is 0.108. The fraction of sp³-hybridized carbons (Fsp3) is 0.0476. The fourth-order valence-electron chi connectivity index (χ4n) is 10.8. The molecule has 1 aliphatic carbocycles. The molecular weight excluding hydrogens is 817 g/mol. The first-order valence-electron chi connectivity index (χ1n) is 22.8. The van der Waals surface area contributed by atoms with Crippen molar-refractivity contribution in [2.45, 2.75) is 19.3 Å². The van der Waals surface area contributed by atoms with E-state index in [0.717, 1.165) is 22.7 Å². The molecule has 0 N–H and O–H groups in total. The van der Waals surface area contributed by atoms with Gasteiger partial charge in [0.2, 0.25) is 0 Å². The highest BCUT2D eigenvalue weighted by atomic mass is 32.1. The average Bonchev–Trinajstić information content (AvgIpc) is 4.00. The number of benzene rings is 10. The summed E-state index contributed by atoms with van der Waals surface area (Å²) in [5.74, 6) is 0. The van der Waals surface area contributed by atoms with Crippen molar-refractivity contribution in [2.24, 2.45) is 0 Å². The normalized spacial score (nSPS) is 12.8. The lowest BCUT2D eigenvalue weighted by atomic mass is 9.82. The molecule has 66 heavy (non-hydrogen) atoms. The molecule has 2 nitrogen and oxygen atoms in total. The van der Waals surface area contributed by atoms with Crippen LogP contribution in [0.3, 0.4) is 0 Å². The maximum atomic E-state index is 2.42. The molecule has 0 bridgehead atoms. The van der Waals surface area contributed by atoms with Gasteiger partial charge >= 0.3 is 0 Å². The van der Waals surface area contributed by atoms with Crippen molar-refractivity contribution >= 4 is 70.4 Å². The molecule has 0 spiro atoms. The summed E-state index contributed by atoms with van der Waals surface area (Å²) in [4.78, 5) is 2.41. The number of rotatable bonds is 7. The van der Waals surface area contributed by atoms with Crippen molar-refractivity contribution < 1.29 is 0 Å². The van der Waals surface area contributed by atoms with Gasteiger partial charge in [0.1, 0.15) is 0 Å². The molecule has 0 fully saturated rings. The topological polar surface area (TPSA) is 8.17 Å². The molecule has 0 aliphatic heterocycles. The summed E-state index contributed by atoms with van der Waals surface area (Å²) in [6.45, 7) is 4.71. The Kier molecular flexibility index (Phi) is 8.78. The zero-order valence-electron chi connectivity index (χ0n) is 36.7. The molecule has 0 saturated carbocycles. The Morgan fingerprint density at radius 3 is 1.64 bits per heavy atom. The number of nitrogens with zero attached hydrogens (tertiary/aromatic N) is 2. The van der Waals surface area contributed by atoms with E-state index >= 15 is 0 Å². The third kappa shape index (κ3) is 6.08. The van der Waals surface area contributed by atoms with Gasteiger partial charge in [0.15, 0.2) is 0 Å². The first-order valence-corrected chi connectivity index (χ1v) is 23.6. The molecule has 0 saturated heterocycles. The first-order chi connectivity index (χ1) is 32.5. The number of aromatic nitrogens is 1. The van der Waals surface area contributed by atoms with Crippen LogP contribution in [0.1, 0.15) is 25.0 Å². The van der Waals surface area contributed by atoms with Gasteiger partial charge in [-0.25, -0.2) is 0 Å². The third-order valence-corrected chi connectivity index (χ3v) is 15.1. The van der Waals surface area contributed by atoms with E-state index in [1.165, 1.54) is 97.6 Å². The molecule has 0 amide bonds. The summed E-state index contributed by atoms with van der Waals surface area (Å²) in [7, 11) is 0. The molecule has 1 aliphatic rings. The lowest BCUT2D eigenvalue weighted by molar-refractivity contribution is 0.660. The van der Waals surface area contributed by atoms with E-state index < -0.39 is 0 Å². The van der Waals surface area contributed by atoms with Crippen molar-refractivity contribution in [2.75, 3.05) is 4.90 Å². The van der Waals surface area contributed by atoms with E-state index in [0.29, 0.717) is 0 Å². The Morgan fingerprint density at radius 1 is 0.364 bits per heavy atom. The zero-order chi connectivity index (χ0) is 43.9. The van der Waals surface area contributed by atoms with Crippen LogP contribution in [-0.4, -0.2) is 4.57 Å². The number of hydrogen-bond donors (Lipinski definition) is 0. The summed E-state index contributed by atoms with van der Waals surface area (Å²) in [6, 6.07) is 85.1. The summed E-state index contributed by atoms with van der Waals surface area (Å²) in [5, 5.41) is 5.13. The van der Waals surface area contributed by atoms with Crippen LogP contribution in [0, 0.1) is 0 Å². The van der Waals surface area contributed by atoms with Crippen LogP contribution < -0.4 is 4.90 Å². The Bertz CT molecular complexity index is 3820.